The number of nitrogens with one attached hydrogen (secondary N) is 1. The SMILES string of the molecule is O=C(O)CC1(NC(=O)CCCc2nc(-c3cccs3)no2)CCC1. The summed E-state index contributed by atoms with van der Waals surface area (Å²) >= 11 is 1.54. The Balaban J connectivity index is 1.44. The monoisotopic (exact) mass is 349 g/mol. The molecule has 3 rings (SSSR count). The summed E-state index contributed by atoms with van der Waals surface area (Å²) in [5.74, 6) is 0.0883. The summed E-state index contributed by atoms with van der Waals surface area (Å²) in [6.45, 7) is 0. The molecule has 0 bridgehead atoms. The maximum Gasteiger partial charge on any atom is 0.305 e. The Bertz CT molecular complexity index is 707. The van der Waals surface area contributed by atoms with Gasteiger partial charge in [-0.3, -0.25) is 9.59 Å². The molecule has 2 heterocycles. The van der Waals surface area contributed by atoms with Crippen LogP contribution in [-0.4, -0.2) is 32.7 Å². The maximum absolute atomic E-state index is 12.0. The van der Waals surface area contributed by atoms with Gasteiger partial charge in [0.05, 0.1) is 16.8 Å². The highest BCUT2D eigenvalue weighted by atomic mass is 32.1. The zero-order chi connectivity index (χ0) is 17.0. The first-order valence-corrected chi connectivity index (χ1v) is 8.84. The molecule has 0 atom stereocenters. The second-order valence-corrected chi connectivity index (χ2v) is 7.04. The molecule has 1 aliphatic carbocycles. The molecule has 0 spiro atoms. The Morgan fingerprint density at radius 1 is 1.42 bits per heavy atom. The van der Waals surface area contributed by atoms with E-state index in [0.29, 0.717) is 31.0 Å². The first-order chi connectivity index (χ1) is 11.6. The zero-order valence-corrected chi connectivity index (χ0v) is 14.0. The summed E-state index contributed by atoms with van der Waals surface area (Å²) < 4.78 is 5.19. The third-order valence-corrected chi connectivity index (χ3v) is 5.07. The van der Waals surface area contributed by atoms with Crippen molar-refractivity contribution in [2.45, 2.75) is 50.5 Å². The van der Waals surface area contributed by atoms with Crippen molar-refractivity contribution in [2.24, 2.45) is 0 Å². The number of carboxylic acids is 1. The van der Waals surface area contributed by atoms with Crippen molar-refractivity contribution in [1.29, 1.82) is 0 Å². The van der Waals surface area contributed by atoms with Gasteiger partial charge in [0.1, 0.15) is 0 Å². The van der Waals surface area contributed by atoms with Crippen LogP contribution < -0.4 is 5.32 Å². The fourth-order valence-corrected chi connectivity index (χ4v) is 3.51. The molecule has 128 valence electrons. The minimum absolute atomic E-state index is 0.00737. The zero-order valence-electron chi connectivity index (χ0n) is 13.2. The van der Waals surface area contributed by atoms with Gasteiger partial charge in [-0.25, -0.2) is 0 Å². The van der Waals surface area contributed by atoms with Crippen LogP contribution in [0.4, 0.5) is 0 Å². The molecule has 2 aromatic rings. The van der Waals surface area contributed by atoms with Gasteiger partial charge in [-0.2, -0.15) is 4.98 Å². The average Bonchev–Trinajstić information content (AvgIpc) is 3.15. The van der Waals surface area contributed by atoms with Gasteiger partial charge in [0.2, 0.25) is 17.6 Å². The number of hydrogen-bond donors (Lipinski definition) is 2. The Morgan fingerprint density at radius 2 is 2.25 bits per heavy atom. The van der Waals surface area contributed by atoms with E-state index < -0.39 is 11.5 Å². The fraction of sp³-hybridized carbons (Fsp3) is 0.500. The van der Waals surface area contributed by atoms with Crippen molar-refractivity contribution < 1.29 is 19.2 Å². The van der Waals surface area contributed by atoms with Crippen LogP contribution in [0.15, 0.2) is 22.0 Å². The number of thiophene rings is 1. The average molecular weight is 349 g/mol. The number of carboxylic acid groups (broad SMARTS) is 1. The number of carbonyl (C=O) groups excluding carboxylic acids is 1. The van der Waals surface area contributed by atoms with Crippen LogP contribution in [0, 0.1) is 0 Å². The number of aryl methyl sites for hydroxylation is 1. The minimum atomic E-state index is -0.873. The Morgan fingerprint density at radius 3 is 2.88 bits per heavy atom. The van der Waals surface area contributed by atoms with E-state index in [4.69, 9.17) is 9.63 Å². The van der Waals surface area contributed by atoms with Crippen molar-refractivity contribution in [2.75, 3.05) is 0 Å². The number of amides is 1. The quantitative estimate of drug-likeness (QED) is 0.759. The summed E-state index contributed by atoms with van der Waals surface area (Å²) in [4.78, 5) is 28.2. The lowest BCUT2D eigenvalue weighted by Gasteiger charge is -2.41. The molecule has 0 saturated heterocycles. The molecular formula is C16H19N3O4S. The fourth-order valence-electron chi connectivity index (χ4n) is 2.86. The van der Waals surface area contributed by atoms with Crippen molar-refractivity contribution >= 4 is 23.2 Å². The first kappa shape index (κ1) is 16.6. The minimum Gasteiger partial charge on any atom is -0.481 e. The number of nitrogens with zero attached hydrogens (tertiary/aromatic N) is 2. The Kier molecular flexibility index (Phi) is 4.94. The molecule has 0 radical (unpaired) electrons. The normalized spacial score (nSPS) is 15.7. The summed E-state index contributed by atoms with van der Waals surface area (Å²) in [6.07, 6.45) is 3.85. The van der Waals surface area contributed by atoms with Crippen LogP contribution in [-0.2, 0) is 16.0 Å². The molecule has 2 N–H and O–H groups in total. The molecule has 0 aliphatic heterocycles. The van der Waals surface area contributed by atoms with Gasteiger partial charge < -0.3 is 14.9 Å². The molecular weight excluding hydrogens is 330 g/mol. The van der Waals surface area contributed by atoms with Gasteiger partial charge in [0, 0.05) is 12.8 Å². The molecule has 0 aromatic carbocycles. The standard InChI is InChI=1S/C16H19N3O4S/c20-12(18-16(7-3-8-16)10-14(21)22)5-1-6-13-17-15(19-23-13)11-4-2-9-24-11/h2,4,9H,1,3,5-8,10H2,(H,18,20)(H,21,22). The van der Waals surface area contributed by atoms with Crippen molar-refractivity contribution in [3.63, 3.8) is 0 Å². The smallest absolute Gasteiger partial charge is 0.305 e. The number of aliphatic carboxylic acids is 1. The van der Waals surface area contributed by atoms with E-state index in [2.05, 4.69) is 15.5 Å². The van der Waals surface area contributed by atoms with Gasteiger partial charge in [-0.05, 0) is 37.1 Å². The number of aromatic nitrogens is 2. The van der Waals surface area contributed by atoms with Gasteiger partial charge in [0.25, 0.3) is 0 Å². The number of rotatable bonds is 8. The number of carbonyl (C=O) groups is 2. The van der Waals surface area contributed by atoms with E-state index in [1.165, 1.54) is 0 Å². The van der Waals surface area contributed by atoms with Crippen LogP contribution in [0.5, 0.6) is 0 Å². The largest absolute Gasteiger partial charge is 0.481 e. The van der Waals surface area contributed by atoms with E-state index in [-0.39, 0.29) is 12.3 Å². The summed E-state index contributed by atoms with van der Waals surface area (Å²) in [7, 11) is 0. The van der Waals surface area contributed by atoms with E-state index in [0.717, 1.165) is 24.1 Å². The van der Waals surface area contributed by atoms with Gasteiger partial charge in [-0.15, -0.1) is 11.3 Å². The lowest BCUT2D eigenvalue weighted by Crippen LogP contribution is -2.54. The molecule has 1 fully saturated rings. The predicted molar refractivity (Wildman–Crippen MR) is 87.5 cm³/mol. The lowest BCUT2D eigenvalue weighted by atomic mass is 9.74. The molecule has 8 heteroatoms. The molecule has 24 heavy (non-hydrogen) atoms. The van der Waals surface area contributed by atoms with Crippen LogP contribution in [0.2, 0.25) is 0 Å². The maximum atomic E-state index is 12.0. The van der Waals surface area contributed by atoms with E-state index >= 15 is 0 Å². The van der Waals surface area contributed by atoms with E-state index in [1.54, 1.807) is 11.3 Å². The molecule has 7 nitrogen and oxygen atoms in total. The van der Waals surface area contributed by atoms with Crippen LogP contribution in [0.1, 0.15) is 44.4 Å². The van der Waals surface area contributed by atoms with Crippen molar-refractivity contribution in [3.8, 4) is 10.7 Å². The lowest BCUT2D eigenvalue weighted by molar-refractivity contribution is -0.140. The molecule has 0 unspecified atom stereocenters. The van der Waals surface area contributed by atoms with Gasteiger partial charge in [-0.1, -0.05) is 11.2 Å². The second-order valence-electron chi connectivity index (χ2n) is 6.10. The van der Waals surface area contributed by atoms with Crippen LogP contribution in [0.3, 0.4) is 0 Å². The Hall–Kier alpha value is -2.22. The van der Waals surface area contributed by atoms with Crippen LogP contribution >= 0.6 is 11.3 Å². The van der Waals surface area contributed by atoms with Crippen LogP contribution in [0.25, 0.3) is 10.7 Å². The predicted octanol–water partition coefficient (Wildman–Crippen LogP) is 2.63. The molecule has 1 saturated carbocycles. The highest BCUT2D eigenvalue weighted by Gasteiger charge is 2.40. The summed E-state index contributed by atoms with van der Waals surface area (Å²) in [6, 6.07) is 3.85. The van der Waals surface area contributed by atoms with E-state index in [9.17, 15) is 9.59 Å². The third-order valence-electron chi connectivity index (χ3n) is 4.21. The topological polar surface area (TPSA) is 105 Å². The molecule has 2 aromatic heterocycles. The second kappa shape index (κ2) is 7.12. The third kappa shape index (κ3) is 4.00. The Labute approximate surface area is 143 Å². The summed E-state index contributed by atoms with van der Waals surface area (Å²) in [5, 5.41) is 17.7. The molecule has 1 amide bonds. The summed E-state index contributed by atoms with van der Waals surface area (Å²) in [5.41, 5.74) is -0.542. The highest BCUT2D eigenvalue weighted by Crippen LogP contribution is 2.35. The van der Waals surface area contributed by atoms with Crippen molar-refractivity contribution in [3.05, 3.63) is 23.4 Å². The molecule has 1 aliphatic rings. The number of hydrogen-bond acceptors (Lipinski definition) is 6. The van der Waals surface area contributed by atoms with Crippen molar-refractivity contribution in [1.82, 2.24) is 15.5 Å². The highest BCUT2D eigenvalue weighted by molar-refractivity contribution is 7.13. The van der Waals surface area contributed by atoms with Gasteiger partial charge >= 0.3 is 5.97 Å². The van der Waals surface area contributed by atoms with E-state index in [1.807, 2.05) is 17.5 Å². The first-order valence-electron chi connectivity index (χ1n) is 7.96. The van der Waals surface area contributed by atoms with Gasteiger partial charge in [0.15, 0.2) is 0 Å².